The molecule has 76 valence electrons. The Morgan fingerprint density at radius 2 is 2.07 bits per heavy atom. The molecule has 1 unspecified atom stereocenters. The molecule has 1 atom stereocenters. The highest BCUT2D eigenvalue weighted by atomic mass is 19.4. The van der Waals surface area contributed by atoms with Gasteiger partial charge < -0.3 is 0 Å². The van der Waals surface area contributed by atoms with E-state index in [2.05, 4.69) is 5.32 Å². The summed E-state index contributed by atoms with van der Waals surface area (Å²) in [4.78, 5) is 0. The summed E-state index contributed by atoms with van der Waals surface area (Å²) in [5.74, 6) is 0. The Balaban J connectivity index is 2.48. The molecule has 0 spiro atoms. The fraction of sp³-hybridized carbons (Fsp3) is 0.400. The lowest BCUT2D eigenvalue weighted by molar-refractivity contribution is -0.155. The van der Waals surface area contributed by atoms with E-state index in [0.29, 0.717) is 17.7 Å². The van der Waals surface area contributed by atoms with Gasteiger partial charge in [-0.15, -0.1) is 0 Å². The maximum absolute atomic E-state index is 12.6. The van der Waals surface area contributed by atoms with Gasteiger partial charge in [0.25, 0.3) is 0 Å². The van der Waals surface area contributed by atoms with E-state index in [1.54, 1.807) is 25.1 Å². The van der Waals surface area contributed by atoms with Crippen molar-refractivity contribution in [1.82, 2.24) is 5.32 Å². The van der Waals surface area contributed by atoms with Gasteiger partial charge >= 0.3 is 6.18 Å². The van der Waals surface area contributed by atoms with Gasteiger partial charge in [0.1, 0.15) is 6.04 Å². The van der Waals surface area contributed by atoms with Crippen LogP contribution in [0.1, 0.15) is 22.7 Å². The van der Waals surface area contributed by atoms with Crippen molar-refractivity contribution >= 4 is 0 Å². The molecule has 0 aromatic heterocycles. The summed E-state index contributed by atoms with van der Waals surface area (Å²) in [6.07, 6.45) is -4.20. The number of fused-ring (bicyclic) bond motifs is 1. The molecule has 0 saturated carbocycles. The van der Waals surface area contributed by atoms with Crippen LogP contribution in [-0.2, 0) is 6.54 Å². The Hall–Kier alpha value is -1.03. The Morgan fingerprint density at radius 3 is 2.71 bits per heavy atom. The van der Waals surface area contributed by atoms with Gasteiger partial charge in [-0.25, -0.2) is 0 Å². The third-order valence-corrected chi connectivity index (χ3v) is 2.53. The number of aryl methyl sites for hydroxylation is 1. The molecule has 2 rings (SSSR count). The minimum absolute atomic E-state index is 0.307. The van der Waals surface area contributed by atoms with Gasteiger partial charge in [-0.1, -0.05) is 18.2 Å². The molecular weight excluding hydrogens is 191 g/mol. The molecule has 14 heavy (non-hydrogen) atoms. The van der Waals surface area contributed by atoms with E-state index < -0.39 is 12.2 Å². The summed E-state index contributed by atoms with van der Waals surface area (Å²) < 4.78 is 37.7. The molecular formula is C10H10F3N. The van der Waals surface area contributed by atoms with Gasteiger partial charge in [-0.3, -0.25) is 5.32 Å². The highest BCUT2D eigenvalue weighted by Crippen LogP contribution is 2.39. The van der Waals surface area contributed by atoms with Crippen LogP contribution in [0.4, 0.5) is 13.2 Å². The zero-order valence-corrected chi connectivity index (χ0v) is 7.65. The van der Waals surface area contributed by atoms with Gasteiger partial charge in [0, 0.05) is 6.54 Å². The summed E-state index contributed by atoms with van der Waals surface area (Å²) >= 11 is 0. The van der Waals surface area contributed by atoms with Crippen LogP contribution in [0.2, 0.25) is 0 Å². The van der Waals surface area contributed by atoms with Crippen molar-refractivity contribution in [3.63, 3.8) is 0 Å². The summed E-state index contributed by atoms with van der Waals surface area (Å²) in [5, 5.41) is 2.48. The predicted octanol–water partition coefficient (Wildman–Crippen LogP) is 2.70. The van der Waals surface area contributed by atoms with Crippen molar-refractivity contribution in [3.05, 3.63) is 34.9 Å². The molecule has 0 radical (unpaired) electrons. The lowest BCUT2D eigenvalue weighted by atomic mass is 9.99. The number of rotatable bonds is 0. The molecule has 0 aliphatic carbocycles. The molecule has 1 aliphatic rings. The van der Waals surface area contributed by atoms with Crippen LogP contribution in [0.15, 0.2) is 18.2 Å². The largest absolute Gasteiger partial charge is 0.407 e. The molecule has 0 amide bonds. The number of hydrogen-bond acceptors (Lipinski definition) is 1. The van der Waals surface area contributed by atoms with Gasteiger partial charge in [-0.05, 0) is 23.6 Å². The number of benzene rings is 1. The Labute approximate surface area is 79.9 Å². The van der Waals surface area contributed by atoms with E-state index in [1.165, 1.54) is 0 Å². The molecule has 1 aromatic carbocycles. The molecule has 1 aliphatic heterocycles. The summed E-state index contributed by atoms with van der Waals surface area (Å²) in [6, 6.07) is 3.75. The minimum Gasteiger partial charge on any atom is -0.298 e. The topological polar surface area (TPSA) is 12.0 Å². The quantitative estimate of drug-likeness (QED) is 0.680. The minimum atomic E-state index is -4.20. The van der Waals surface area contributed by atoms with E-state index in [0.717, 1.165) is 5.56 Å². The maximum Gasteiger partial charge on any atom is 0.407 e. The second-order valence-corrected chi connectivity index (χ2v) is 3.50. The van der Waals surface area contributed by atoms with Crippen molar-refractivity contribution < 1.29 is 13.2 Å². The van der Waals surface area contributed by atoms with Crippen LogP contribution in [0.25, 0.3) is 0 Å². The summed E-state index contributed by atoms with van der Waals surface area (Å²) in [5.41, 5.74) is 1.86. The third-order valence-electron chi connectivity index (χ3n) is 2.53. The zero-order chi connectivity index (χ0) is 10.3. The van der Waals surface area contributed by atoms with Crippen LogP contribution >= 0.6 is 0 Å². The molecule has 4 heteroatoms. The van der Waals surface area contributed by atoms with Crippen LogP contribution in [0, 0.1) is 6.92 Å². The highest BCUT2D eigenvalue weighted by Gasteiger charge is 2.44. The molecule has 0 saturated heterocycles. The SMILES string of the molecule is Cc1cccc2c1C(C(F)(F)F)NC2. The van der Waals surface area contributed by atoms with Crippen molar-refractivity contribution in [3.8, 4) is 0 Å². The smallest absolute Gasteiger partial charge is 0.298 e. The van der Waals surface area contributed by atoms with Crippen LogP contribution in [0.3, 0.4) is 0 Å². The second kappa shape index (κ2) is 2.98. The average molecular weight is 201 g/mol. The van der Waals surface area contributed by atoms with Gasteiger partial charge in [0.05, 0.1) is 0 Å². The molecule has 1 aromatic rings. The highest BCUT2D eigenvalue weighted by molar-refractivity contribution is 5.40. The van der Waals surface area contributed by atoms with E-state index >= 15 is 0 Å². The fourth-order valence-electron chi connectivity index (χ4n) is 1.90. The van der Waals surface area contributed by atoms with Crippen LogP contribution in [-0.4, -0.2) is 6.18 Å². The van der Waals surface area contributed by atoms with E-state index in [-0.39, 0.29) is 0 Å². The first-order valence-corrected chi connectivity index (χ1v) is 4.38. The lowest BCUT2D eigenvalue weighted by Crippen LogP contribution is -2.29. The van der Waals surface area contributed by atoms with Crippen molar-refractivity contribution in [2.24, 2.45) is 0 Å². The molecule has 1 nitrogen and oxygen atoms in total. The third kappa shape index (κ3) is 1.39. The van der Waals surface area contributed by atoms with E-state index in [1.807, 2.05) is 0 Å². The first kappa shape index (κ1) is 9.52. The Morgan fingerprint density at radius 1 is 1.36 bits per heavy atom. The van der Waals surface area contributed by atoms with Gasteiger partial charge in [-0.2, -0.15) is 13.2 Å². The van der Waals surface area contributed by atoms with Gasteiger partial charge in [0.2, 0.25) is 0 Å². The number of nitrogens with one attached hydrogen (secondary N) is 1. The Kier molecular flexibility index (Phi) is 2.03. The first-order valence-electron chi connectivity index (χ1n) is 4.38. The average Bonchev–Trinajstić information content (AvgIpc) is 2.47. The standard InChI is InChI=1S/C10H10F3N/c1-6-3-2-4-7-5-14-9(8(6)7)10(11,12)13/h2-4,9,14H,5H2,1H3. The summed E-state index contributed by atoms with van der Waals surface area (Å²) in [6.45, 7) is 2.02. The van der Waals surface area contributed by atoms with Crippen molar-refractivity contribution in [2.45, 2.75) is 25.7 Å². The van der Waals surface area contributed by atoms with E-state index in [9.17, 15) is 13.2 Å². The fourth-order valence-corrected chi connectivity index (χ4v) is 1.90. The summed E-state index contributed by atoms with van der Waals surface area (Å²) in [7, 11) is 0. The van der Waals surface area contributed by atoms with E-state index in [4.69, 9.17) is 0 Å². The first-order chi connectivity index (χ1) is 6.50. The number of halogens is 3. The molecule has 1 heterocycles. The number of alkyl halides is 3. The van der Waals surface area contributed by atoms with Crippen LogP contribution in [0.5, 0.6) is 0 Å². The van der Waals surface area contributed by atoms with Crippen LogP contribution < -0.4 is 5.32 Å². The lowest BCUT2D eigenvalue weighted by Gasteiger charge is -2.17. The number of hydrogen-bond donors (Lipinski definition) is 1. The predicted molar refractivity (Wildman–Crippen MR) is 46.8 cm³/mol. The zero-order valence-electron chi connectivity index (χ0n) is 7.65. The molecule has 0 fully saturated rings. The normalized spacial score (nSPS) is 21.0. The monoisotopic (exact) mass is 201 g/mol. The maximum atomic E-state index is 12.6. The van der Waals surface area contributed by atoms with Gasteiger partial charge in [0.15, 0.2) is 0 Å². The Bertz CT molecular complexity index is 357. The molecule has 1 N–H and O–H groups in total. The van der Waals surface area contributed by atoms with Crippen molar-refractivity contribution in [1.29, 1.82) is 0 Å². The van der Waals surface area contributed by atoms with Crippen molar-refractivity contribution in [2.75, 3.05) is 0 Å². The molecule has 0 bridgehead atoms. The second-order valence-electron chi connectivity index (χ2n) is 3.50.